The fourth-order valence-corrected chi connectivity index (χ4v) is 7.25. The van der Waals surface area contributed by atoms with Gasteiger partial charge >= 0.3 is 0 Å². The molecule has 200 valence electrons. The van der Waals surface area contributed by atoms with Gasteiger partial charge in [0.25, 0.3) is 0 Å². The Kier molecular flexibility index (Phi) is 5.37. The summed E-state index contributed by atoms with van der Waals surface area (Å²) in [6.45, 7) is 0. The van der Waals surface area contributed by atoms with E-state index in [9.17, 15) is 0 Å². The minimum absolute atomic E-state index is 0.665. The summed E-state index contributed by atoms with van der Waals surface area (Å²) in [5.74, 6) is 2.00. The van der Waals surface area contributed by atoms with Crippen molar-refractivity contribution < 1.29 is 0 Å². The Hall–Kier alpha value is -5.45. The predicted molar refractivity (Wildman–Crippen MR) is 182 cm³/mol. The molecule has 3 nitrogen and oxygen atoms in total. The van der Waals surface area contributed by atoms with E-state index in [1.54, 1.807) is 0 Å². The topological polar surface area (TPSA) is 38.7 Å². The van der Waals surface area contributed by atoms with Crippen molar-refractivity contribution in [3.05, 3.63) is 140 Å². The first-order valence-corrected chi connectivity index (χ1v) is 15.2. The number of aromatic nitrogens is 3. The molecule has 7 aromatic carbocycles. The second-order valence-electron chi connectivity index (χ2n) is 10.9. The summed E-state index contributed by atoms with van der Waals surface area (Å²) >= 11 is 1.84. The van der Waals surface area contributed by atoms with E-state index in [1.807, 2.05) is 11.3 Å². The average molecular weight is 566 g/mol. The lowest BCUT2D eigenvalue weighted by molar-refractivity contribution is 1.08. The number of nitrogens with zero attached hydrogens (tertiary/aromatic N) is 3. The molecule has 0 N–H and O–H groups in total. The van der Waals surface area contributed by atoms with E-state index < -0.39 is 0 Å². The molecule has 0 bridgehead atoms. The van der Waals surface area contributed by atoms with Crippen molar-refractivity contribution in [2.24, 2.45) is 0 Å². The van der Waals surface area contributed by atoms with Crippen LogP contribution >= 0.6 is 11.3 Å². The maximum Gasteiger partial charge on any atom is 0.164 e. The van der Waals surface area contributed by atoms with Crippen LogP contribution in [0.3, 0.4) is 0 Å². The molecule has 0 atom stereocenters. The van der Waals surface area contributed by atoms with Gasteiger partial charge in [0.05, 0.1) is 0 Å². The van der Waals surface area contributed by atoms with Gasteiger partial charge in [0.1, 0.15) is 0 Å². The molecular formula is C39H23N3S. The smallest absolute Gasteiger partial charge is 0.164 e. The lowest BCUT2D eigenvalue weighted by Crippen LogP contribution is -2.00. The molecule has 0 fully saturated rings. The molecule has 0 aliphatic carbocycles. The zero-order valence-corrected chi connectivity index (χ0v) is 23.8. The Morgan fingerprint density at radius 3 is 1.79 bits per heavy atom. The van der Waals surface area contributed by atoms with Crippen molar-refractivity contribution in [1.29, 1.82) is 0 Å². The van der Waals surface area contributed by atoms with Gasteiger partial charge in [-0.25, -0.2) is 15.0 Å². The van der Waals surface area contributed by atoms with Gasteiger partial charge in [-0.2, -0.15) is 0 Å². The molecule has 2 aromatic heterocycles. The van der Waals surface area contributed by atoms with Gasteiger partial charge in [-0.3, -0.25) is 0 Å². The second kappa shape index (κ2) is 9.55. The zero-order valence-electron chi connectivity index (χ0n) is 23.0. The van der Waals surface area contributed by atoms with Gasteiger partial charge in [0.2, 0.25) is 0 Å². The summed E-state index contributed by atoms with van der Waals surface area (Å²) < 4.78 is 2.61. The van der Waals surface area contributed by atoms with Crippen LogP contribution in [0.1, 0.15) is 0 Å². The van der Waals surface area contributed by atoms with Crippen LogP contribution in [0.2, 0.25) is 0 Å². The third-order valence-corrected chi connectivity index (χ3v) is 9.40. The molecule has 0 amide bonds. The van der Waals surface area contributed by atoms with Crippen molar-refractivity contribution in [2.45, 2.75) is 0 Å². The van der Waals surface area contributed by atoms with Crippen molar-refractivity contribution >= 4 is 63.8 Å². The van der Waals surface area contributed by atoms with Crippen LogP contribution in [0.5, 0.6) is 0 Å². The molecule has 0 unspecified atom stereocenters. The molecule has 9 rings (SSSR count). The van der Waals surface area contributed by atoms with E-state index in [1.165, 1.54) is 36.3 Å². The Labute approximate surface area is 251 Å². The Morgan fingerprint density at radius 2 is 0.953 bits per heavy atom. The van der Waals surface area contributed by atoms with Crippen LogP contribution in [0.15, 0.2) is 140 Å². The number of benzene rings is 7. The van der Waals surface area contributed by atoms with Gasteiger partial charge < -0.3 is 0 Å². The molecule has 43 heavy (non-hydrogen) atoms. The first-order chi connectivity index (χ1) is 21.3. The minimum atomic E-state index is 0.665. The summed E-state index contributed by atoms with van der Waals surface area (Å²) in [5, 5.41) is 9.60. The minimum Gasteiger partial charge on any atom is -0.208 e. The van der Waals surface area contributed by atoms with Crippen LogP contribution < -0.4 is 0 Å². The van der Waals surface area contributed by atoms with E-state index in [2.05, 4.69) is 140 Å². The summed E-state index contributed by atoms with van der Waals surface area (Å²) in [5.41, 5.74) is 2.93. The first kappa shape index (κ1) is 24.2. The van der Waals surface area contributed by atoms with Gasteiger partial charge in [0, 0.05) is 36.9 Å². The highest BCUT2D eigenvalue weighted by Gasteiger charge is 2.15. The highest BCUT2D eigenvalue weighted by Crippen LogP contribution is 2.37. The third-order valence-electron chi connectivity index (χ3n) is 8.27. The van der Waals surface area contributed by atoms with Crippen LogP contribution in [0.4, 0.5) is 0 Å². The highest BCUT2D eigenvalue weighted by molar-refractivity contribution is 7.25. The standard InChI is InChI=1S/C39H23N3S/c1-2-10-26-20-28(18-16-24(26)8-1)37-40-38(42-39(41-37)33-14-7-11-25-9-3-4-12-31(25)33)29-19-17-27-23-36-34(22-30(27)21-29)32-13-5-6-15-35(32)43-36/h1-23H. The first-order valence-electron chi connectivity index (χ1n) is 14.4. The molecule has 0 radical (unpaired) electrons. The average Bonchev–Trinajstić information content (AvgIpc) is 3.43. The summed E-state index contributed by atoms with van der Waals surface area (Å²) in [6, 6.07) is 49.3. The molecule has 0 aliphatic heterocycles. The molecule has 4 heteroatoms. The van der Waals surface area contributed by atoms with E-state index in [4.69, 9.17) is 15.0 Å². The molecule has 9 aromatic rings. The number of hydrogen-bond acceptors (Lipinski definition) is 4. The fourth-order valence-electron chi connectivity index (χ4n) is 6.11. The van der Waals surface area contributed by atoms with Crippen molar-refractivity contribution in [2.75, 3.05) is 0 Å². The molecular weight excluding hydrogens is 543 g/mol. The maximum atomic E-state index is 5.10. The Balaban J connectivity index is 1.27. The second-order valence-corrected chi connectivity index (χ2v) is 12.0. The lowest BCUT2D eigenvalue weighted by Gasteiger charge is -2.11. The van der Waals surface area contributed by atoms with Gasteiger partial charge in [0.15, 0.2) is 17.5 Å². The highest BCUT2D eigenvalue weighted by atomic mass is 32.1. The summed E-state index contributed by atoms with van der Waals surface area (Å²) in [7, 11) is 0. The van der Waals surface area contributed by atoms with E-state index >= 15 is 0 Å². The predicted octanol–water partition coefficient (Wildman–Crippen LogP) is 10.7. The van der Waals surface area contributed by atoms with Crippen LogP contribution in [-0.2, 0) is 0 Å². The quantitative estimate of drug-likeness (QED) is 0.214. The monoisotopic (exact) mass is 565 g/mol. The number of fused-ring (bicyclic) bond motifs is 6. The lowest BCUT2D eigenvalue weighted by atomic mass is 10.0. The number of hydrogen-bond donors (Lipinski definition) is 0. The Bertz CT molecular complexity index is 2520. The maximum absolute atomic E-state index is 5.10. The molecule has 2 heterocycles. The Morgan fingerprint density at radius 1 is 0.349 bits per heavy atom. The summed E-state index contributed by atoms with van der Waals surface area (Å²) in [6.07, 6.45) is 0. The van der Waals surface area contributed by atoms with E-state index in [-0.39, 0.29) is 0 Å². The van der Waals surface area contributed by atoms with E-state index in [0.29, 0.717) is 17.5 Å². The molecule has 0 saturated heterocycles. The van der Waals surface area contributed by atoms with Crippen LogP contribution in [0.25, 0.3) is 86.7 Å². The van der Waals surface area contributed by atoms with Crippen molar-refractivity contribution in [1.82, 2.24) is 15.0 Å². The largest absolute Gasteiger partial charge is 0.208 e. The molecule has 0 saturated carbocycles. The normalized spacial score (nSPS) is 11.7. The summed E-state index contributed by atoms with van der Waals surface area (Å²) in [4.78, 5) is 15.2. The van der Waals surface area contributed by atoms with Gasteiger partial charge in [-0.05, 0) is 62.6 Å². The fraction of sp³-hybridized carbons (Fsp3) is 0. The van der Waals surface area contributed by atoms with Crippen LogP contribution in [-0.4, -0.2) is 15.0 Å². The number of thiophene rings is 1. The van der Waals surface area contributed by atoms with Crippen molar-refractivity contribution in [3.8, 4) is 34.2 Å². The van der Waals surface area contributed by atoms with E-state index in [0.717, 1.165) is 32.8 Å². The molecule has 0 spiro atoms. The van der Waals surface area contributed by atoms with Crippen molar-refractivity contribution in [3.63, 3.8) is 0 Å². The van der Waals surface area contributed by atoms with Crippen LogP contribution in [0, 0.1) is 0 Å². The SMILES string of the molecule is c1ccc2cc(-c3nc(-c4ccc5cc6sc7ccccc7c6cc5c4)nc(-c4cccc5ccccc45)n3)ccc2c1. The zero-order chi connectivity index (χ0) is 28.3. The molecule has 0 aliphatic rings. The van der Waals surface area contributed by atoms with Gasteiger partial charge in [-0.1, -0.05) is 109 Å². The number of rotatable bonds is 3. The third kappa shape index (κ3) is 4.07. The van der Waals surface area contributed by atoms with Gasteiger partial charge in [-0.15, -0.1) is 11.3 Å².